The van der Waals surface area contributed by atoms with Crippen LogP contribution < -0.4 is 21.4 Å². The third-order valence-corrected chi connectivity index (χ3v) is 6.60. The first-order valence-electron chi connectivity index (χ1n) is 10.8. The minimum atomic E-state index is -1.42. The number of nitrogens with zero attached hydrogens (tertiary/aromatic N) is 4. The standard InChI is InChI=1S/C21H20ClN7O8S/c1-8(19(32)33)37-27-12(11-15(22)38-21(24)26-11)16(30)25-13-17(31)29-14(20(34)35)9(7-36-18(13)29)6-28-4-2-10(23)3-5-28/h2-5,8,13,18,23H,6-7H2,1H3,(H5,24,25,26,30,32,33,34,35)/p+1/b27-12-/t8-,13+,18+/m0/s1. The zero-order valence-electron chi connectivity index (χ0n) is 19.5. The number of hydrogen-bond acceptors (Lipinski definition) is 11. The zero-order valence-corrected chi connectivity index (χ0v) is 21.1. The number of ether oxygens (including phenoxy) is 1. The van der Waals surface area contributed by atoms with Crippen LogP contribution in [0.3, 0.4) is 0 Å². The Kier molecular flexibility index (Phi) is 7.47. The Labute approximate surface area is 222 Å². The molecule has 38 heavy (non-hydrogen) atoms. The minimum absolute atomic E-state index is 0.000955. The number of fused-ring (bicyclic) bond motifs is 1. The Morgan fingerprint density at radius 2 is 2.05 bits per heavy atom. The number of carboxylic acid groups (broad SMARTS) is 2. The van der Waals surface area contributed by atoms with Crippen molar-refractivity contribution in [3.05, 3.63) is 45.8 Å². The SMILES string of the molecule is C[C@H](O/N=C(\C(=O)N[C@@H]1C(=O)N2C(C(=O)O)=C(C[n+]3ccc(N)cc3)CO[C@H]12)c1nc(N)sc1Cl)C(=O)O. The second-order valence-corrected chi connectivity index (χ2v) is 9.75. The average Bonchev–Trinajstić information content (AvgIpc) is 3.20. The number of nitrogens with two attached hydrogens (primary N) is 2. The van der Waals surface area contributed by atoms with Gasteiger partial charge in [0.1, 0.15) is 15.7 Å². The van der Waals surface area contributed by atoms with Gasteiger partial charge in [0.25, 0.3) is 11.8 Å². The lowest BCUT2D eigenvalue weighted by atomic mass is 9.98. The number of hydrogen-bond donors (Lipinski definition) is 5. The van der Waals surface area contributed by atoms with Crippen LogP contribution in [0.25, 0.3) is 0 Å². The van der Waals surface area contributed by atoms with Crippen molar-refractivity contribution in [3.8, 4) is 0 Å². The molecular weight excluding hydrogens is 546 g/mol. The van der Waals surface area contributed by atoms with Crippen molar-refractivity contribution < 1.29 is 43.5 Å². The van der Waals surface area contributed by atoms with Crippen LogP contribution >= 0.6 is 22.9 Å². The Morgan fingerprint density at radius 1 is 1.37 bits per heavy atom. The smallest absolute Gasteiger partial charge is 0.352 e. The van der Waals surface area contributed by atoms with E-state index in [9.17, 15) is 24.3 Å². The summed E-state index contributed by atoms with van der Waals surface area (Å²) in [6.45, 7) is 1.17. The van der Waals surface area contributed by atoms with Gasteiger partial charge in [0.05, 0.1) is 12.2 Å². The Hall–Kier alpha value is -4.28. The van der Waals surface area contributed by atoms with Crippen molar-refractivity contribution in [2.75, 3.05) is 18.1 Å². The second kappa shape index (κ2) is 10.6. The number of thiazole rings is 1. The fraction of sp³-hybridized carbons (Fsp3) is 0.286. The first-order chi connectivity index (χ1) is 18.0. The van der Waals surface area contributed by atoms with Crippen LogP contribution in [0.2, 0.25) is 4.34 Å². The number of carboxylic acids is 2. The van der Waals surface area contributed by atoms with Crippen molar-refractivity contribution in [1.82, 2.24) is 15.2 Å². The van der Waals surface area contributed by atoms with E-state index in [0.29, 0.717) is 11.3 Å². The number of amides is 2. The molecule has 0 radical (unpaired) electrons. The highest BCUT2D eigenvalue weighted by Gasteiger charge is 2.55. The summed E-state index contributed by atoms with van der Waals surface area (Å²) in [5, 5.41) is 24.9. The van der Waals surface area contributed by atoms with Crippen LogP contribution in [0.5, 0.6) is 0 Å². The van der Waals surface area contributed by atoms with Crippen LogP contribution in [0, 0.1) is 0 Å². The summed E-state index contributed by atoms with van der Waals surface area (Å²) in [4.78, 5) is 58.9. The van der Waals surface area contributed by atoms with Crippen LogP contribution in [-0.2, 0) is 35.3 Å². The van der Waals surface area contributed by atoms with E-state index in [-0.39, 0.29) is 34.0 Å². The lowest BCUT2D eigenvalue weighted by Crippen LogP contribution is -2.73. The van der Waals surface area contributed by atoms with Gasteiger partial charge in [0, 0.05) is 17.8 Å². The molecule has 15 nitrogen and oxygen atoms in total. The molecule has 2 aliphatic heterocycles. The molecule has 4 heterocycles. The summed E-state index contributed by atoms with van der Waals surface area (Å²) in [7, 11) is 0. The average molecular weight is 567 g/mol. The summed E-state index contributed by atoms with van der Waals surface area (Å²) in [6.07, 6.45) is 0.767. The van der Waals surface area contributed by atoms with Gasteiger partial charge in [0.2, 0.25) is 6.10 Å². The number of halogens is 1. The fourth-order valence-electron chi connectivity index (χ4n) is 3.64. The summed E-state index contributed by atoms with van der Waals surface area (Å²) in [5.74, 6) is -4.44. The molecule has 7 N–H and O–H groups in total. The number of carbonyl (C=O) groups is 4. The van der Waals surface area contributed by atoms with Crippen molar-refractivity contribution in [3.63, 3.8) is 0 Å². The molecule has 1 saturated heterocycles. The highest BCUT2D eigenvalue weighted by Crippen LogP contribution is 2.33. The van der Waals surface area contributed by atoms with Crippen molar-refractivity contribution in [2.45, 2.75) is 31.8 Å². The molecule has 200 valence electrons. The van der Waals surface area contributed by atoms with E-state index in [0.717, 1.165) is 16.2 Å². The number of oxime groups is 1. The number of pyridine rings is 1. The van der Waals surface area contributed by atoms with E-state index >= 15 is 0 Å². The maximum Gasteiger partial charge on any atom is 0.352 e. The van der Waals surface area contributed by atoms with E-state index in [2.05, 4.69) is 15.5 Å². The third kappa shape index (κ3) is 5.22. The van der Waals surface area contributed by atoms with Gasteiger partial charge in [-0.3, -0.25) is 14.5 Å². The van der Waals surface area contributed by atoms with Crippen LogP contribution in [-0.4, -0.2) is 74.5 Å². The maximum absolute atomic E-state index is 13.1. The molecule has 17 heteroatoms. The topological polar surface area (TPSA) is 224 Å². The van der Waals surface area contributed by atoms with Gasteiger partial charge in [-0.15, -0.1) is 0 Å². The summed E-state index contributed by atoms with van der Waals surface area (Å²) in [5.41, 5.74) is 11.2. The molecule has 4 rings (SSSR count). The zero-order chi connectivity index (χ0) is 27.7. The van der Waals surface area contributed by atoms with Crippen molar-refractivity contribution >= 4 is 63.2 Å². The molecule has 2 aromatic rings. The summed E-state index contributed by atoms with van der Waals surface area (Å²) >= 11 is 6.93. The molecule has 0 aromatic carbocycles. The molecule has 0 unspecified atom stereocenters. The van der Waals surface area contributed by atoms with Crippen molar-refractivity contribution in [1.29, 1.82) is 0 Å². The predicted octanol–water partition coefficient (Wildman–Crippen LogP) is -0.836. The van der Waals surface area contributed by atoms with Gasteiger partial charge in [0.15, 0.2) is 42.1 Å². The Bertz CT molecular complexity index is 1380. The summed E-state index contributed by atoms with van der Waals surface area (Å²) in [6, 6.07) is 1.99. The lowest BCUT2D eigenvalue weighted by molar-refractivity contribution is -0.689. The largest absolute Gasteiger partial charge is 0.478 e. The van der Waals surface area contributed by atoms with E-state index in [1.54, 1.807) is 29.1 Å². The normalized spacial score (nSPS) is 19.9. The number of rotatable bonds is 9. The molecule has 0 aliphatic carbocycles. The van der Waals surface area contributed by atoms with Gasteiger partial charge >= 0.3 is 11.9 Å². The second-order valence-electron chi connectivity index (χ2n) is 8.12. The van der Waals surface area contributed by atoms with E-state index in [4.69, 9.17) is 37.7 Å². The van der Waals surface area contributed by atoms with Gasteiger partial charge in [-0.2, -0.15) is 0 Å². The highest BCUT2D eigenvalue weighted by molar-refractivity contribution is 7.19. The molecule has 2 aromatic heterocycles. The van der Waals surface area contributed by atoms with Gasteiger partial charge < -0.3 is 36.6 Å². The first-order valence-corrected chi connectivity index (χ1v) is 12.0. The molecular formula is C21H21ClN7O8S+. The van der Waals surface area contributed by atoms with Gasteiger partial charge in [-0.1, -0.05) is 28.1 Å². The number of nitrogens with one attached hydrogen (secondary N) is 1. The lowest BCUT2D eigenvalue weighted by Gasteiger charge is -2.48. The number of anilines is 2. The van der Waals surface area contributed by atoms with Gasteiger partial charge in [-0.25, -0.2) is 19.1 Å². The van der Waals surface area contributed by atoms with Crippen LogP contribution in [0.15, 0.2) is 41.0 Å². The number of nitrogen functional groups attached to an aromatic ring is 2. The minimum Gasteiger partial charge on any atom is -0.478 e. The molecule has 2 amide bonds. The van der Waals surface area contributed by atoms with E-state index in [1.165, 1.54) is 6.92 Å². The molecule has 0 spiro atoms. The third-order valence-electron chi connectivity index (χ3n) is 5.52. The molecule has 0 bridgehead atoms. The van der Waals surface area contributed by atoms with E-state index < -0.39 is 47.8 Å². The fourth-order valence-corrected chi connectivity index (χ4v) is 4.57. The highest BCUT2D eigenvalue weighted by atomic mass is 35.5. The molecule has 0 saturated carbocycles. The number of β-lactam (4-membered cyclic amide) rings is 1. The molecule has 2 aliphatic rings. The first kappa shape index (κ1) is 26.8. The van der Waals surface area contributed by atoms with Gasteiger partial charge in [-0.05, 0) is 6.92 Å². The Morgan fingerprint density at radius 3 is 2.63 bits per heavy atom. The van der Waals surface area contributed by atoms with Crippen molar-refractivity contribution in [2.24, 2.45) is 5.16 Å². The molecule has 3 atom stereocenters. The van der Waals surface area contributed by atoms with E-state index in [1.807, 2.05) is 0 Å². The number of aliphatic carboxylic acids is 2. The quantitative estimate of drug-likeness (QED) is 0.109. The maximum atomic E-state index is 13.1. The monoisotopic (exact) mass is 566 g/mol. The predicted molar refractivity (Wildman–Crippen MR) is 130 cm³/mol. The Balaban J connectivity index is 1.56. The summed E-state index contributed by atoms with van der Waals surface area (Å²) < 4.78 is 7.36. The molecule has 1 fully saturated rings. The van der Waals surface area contributed by atoms with Crippen LogP contribution in [0.4, 0.5) is 10.8 Å². The van der Waals surface area contributed by atoms with Crippen LogP contribution in [0.1, 0.15) is 12.6 Å². The number of carbonyl (C=O) groups excluding carboxylic acids is 2. The number of aromatic nitrogens is 2.